The van der Waals surface area contributed by atoms with Gasteiger partial charge in [-0.05, 0) is 0 Å². The number of carboxylic acids is 1. The normalized spacial score (nSPS) is 9.64. The van der Waals surface area contributed by atoms with Gasteiger partial charge in [0.15, 0.2) is 10.7 Å². The number of carboxylic acid groups (broad SMARTS) is 1. The third kappa shape index (κ3) is 1.85. The van der Waals surface area contributed by atoms with Crippen LogP contribution in [-0.2, 0) is 0 Å². The Morgan fingerprint density at radius 1 is 1.36 bits per heavy atom. The van der Waals surface area contributed by atoms with E-state index in [1.807, 2.05) is 0 Å². The van der Waals surface area contributed by atoms with E-state index >= 15 is 0 Å². The summed E-state index contributed by atoms with van der Waals surface area (Å²) in [6.45, 7) is 0. The Morgan fingerprint density at radius 3 is 2.43 bits per heavy atom. The van der Waals surface area contributed by atoms with E-state index in [-0.39, 0.29) is 22.6 Å². The lowest BCUT2D eigenvalue weighted by atomic mass is 10.3. The quantitative estimate of drug-likeness (QED) is 0.758. The van der Waals surface area contributed by atoms with Crippen LogP contribution < -0.4 is 9.47 Å². The molecule has 0 radical (unpaired) electrons. The minimum atomic E-state index is -1.26. The van der Waals surface area contributed by atoms with Crippen LogP contribution in [0.1, 0.15) is 10.4 Å². The summed E-state index contributed by atoms with van der Waals surface area (Å²) >= 11 is 5.60. The zero-order valence-electron chi connectivity index (χ0n) is 7.44. The number of nitrogens with zero attached hydrogens (tertiary/aromatic N) is 2. The average molecular weight is 219 g/mol. The van der Waals surface area contributed by atoms with Gasteiger partial charge in [0.2, 0.25) is 5.88 Å². The molecule has 0 aliphatic rings. The van der Waals surface area contributed by atoms with Crippen LogP contribution in [0, 0.1) is 0 Å². The first-order chi connectivity index (χ1) is 6.60. The van der Waals surface area contributed by atoms with Crippen molar-refractivity contribution in [2.24, 2.45) is 0 Å². The van der Waals surface area contributed by atoms with Gasteiger partial charge in [-0.15, -0.1) is 0 Å². The number of carbonyl (C=O) groups is 1. The molecular weight excluding hydrogens is 212 g/mol. The number of hydrogen-bond donors (Lipinski definition) is 1. The van der Waals surface area contributed by atoms with Crippen LogP contribution >= 0.6 is 11.6 Å². The number of ether oxygens (including phenoxy) is 2. The van der Waals surface area contributed by atoms with E-state index < -0.39 is 5.97 Å². The molecule has 6 nitrogen and oxygen atoms in total. The minimum Gasteiger partial charge on any atom is -0.480 e. The number of aromatic nitrogens is 2. The third-order valence-corrected chi connectivity index (χ3v) is 1.67. The second kappa shape index (κ2) is 4.10. The van der Waals surface area contributed by atoms with E-state index in [0.717, 1.165) is 0 Å². The molecule has 76 valence electrons. The first kappa shape index (κ1) is 10.5. The third-order valence-electron chi connectivity index (χ3n) is 1.40. The van der Waals surface area contributed by atoms with Crippen molar-refractivity contribution in [2.75, 3.05) is 14.2 Å². The molecule has 0 fully saturated rings. The van der Waals surface area contributed by atoms with Crippen molar-refractivity contribution in [3.05, 3.63) is 10.7 Å². The summed E-state index contributed by atoms with van der Waals surface area (Å²) < 4.78 is 9.43. The van der Waals surface area contributed by atoms with Gasteiger partial charge in [0, 0.05) is 0 Å². The van der Waals surface area contributed by atoms with E-state index in [2.05, 4.69) is 9.97 Å². The highest BCUT2D eigenvalue weighted by molar-refractivity contribution is 6.32. The summed E-state index contributed by atoms with van der Waals surface area (Å²) in [6.07, 6.45) is 0. The van der Waals surface area contributed by atoms with Gasteiger partial charge in [-0.3, -0.25) is 0 Å². The number of aromatic carboxylic acids is 1. The fourth-order valence-electron chi connectivity index (χ4n) is 0.815. The number of hydrogen-bond acceptors (Lipinski definition) is 5. The van der Waals surface area contributed by atoms with Gasteiger partial charge in [-0.2, -0.15) is 9.97 Å². The van der Waals surface area contributed by atoms with E-state index in [1.165, 1.54) is 14.2 Å². The molecule has 0 amide bonds. The van der Waals surface area contributed by atoms with Crippen LogP contribution in [0.2, 0.25) is 5.15 Å². The van der Waals surface area contributed by atoms with Crippen molar-refractivity contribution < 1.29 is 19.4 Å². The lowest BCUT2D eigenvalue weighted by Gasteiger charge is -2.06. The Labute approximate surface area is 84.5 Å². The molecule has 0 bridgehead atoms. The molecule has 0 saturated carbocycles. The van der Waals surface area contributed by atoms with Crippen LogP contribution in [0.25, 0.3) is 0 Å². The van der Waals surface area contributed by atoms with Crippen molar-refractivity contribution in [1.82, 2.24) is 9.97 Å². The molecule has 14 heavy (non-hydrogen) atoms. The van der Waals surface area contributed by atoms with E-state index in [0.29, 0.717) is 0 Å². The molecule has 0 aliphatic heterocycles. The topological polar surface area (TPSA) is 81.5 Å². The molecule has 7 heteroatoms. The van der Waals surface area contributed by atoms with Crippen molar-refractivity contribution in [3.8, 4) is 11.9 Å². The van der Waals surface area contributed by atoms with Crippen molar-refractivity contribution in [1.29, 1.82) is 0 Å². The predicted octanol–water partition coefficient (Wildman–Crippen LogP) is 0.845. The summed E-state index contributed by atoms with van der Waals surface area (Å²) in [7, 11) is 2.62. The minimum absolute atomic E-state index is 0.0446. The summed E-state index contributed by atoms with van der Waals surface area (Å²) in [5.74, 6) is -1.39. The van der Waals surface area contributed by atoms with E-state index in [1.54, 1.807) is 0 Å². The maximum Gasteiger partial charge on any atom is 0.344 e. The Morgan fingerprint density at radius 2 is 2.00 bits per heavy atom. The summed E-state index contributed by atoms with van der Waals surface area (Å²) in [6, 6.07) is -0.0446. The standard InChI is InChI=1S/C7H7ClN2O4/c1-13-5-3(6(11)12)4(8)9-7(10-5)14-2/h1-2H3,(H,11,12). The van der Waals surface area contributed by atoms with Crippen LogP contribution in [0.5, 0.6) is 11.9 Å². The molecular formula is C7H7ClN2O4. The maximum absolute atomic E-state index is 10.7. The molecule has 1 aromatic rings. The van der Waals surface area contributed by atoms with Crippen molar-refractivity contribution >= 4 is 17.6 Å². The summed E-state index contributed by atoms with van der Waals surface area (Å²) in [4.78, 5) is 18.0. The van der Waals surface area contributed by atoms with Gasteiger partial charge in [-0.1, -0.05) is 11.6 Å². The van der Waals surface area contributed by atoms with E-state index in [4.69, 9.17) is 26.2 Å². The zero-order valence-corrected chi connectivity index (χ0v) is 8.20. The fraction of sp³-hybridized carbons (Fsp3) is 0.286. The molecule has 0 aromatic carbocycles. The second-order valence-electron chi connectivity index (χ2n) is 2.19. The molecule has 0 aliphatic carbocycles. The first-order valence-electron chi connectivity index (χ1n) is 3.49. The van der Waals surface area contributed by atoms with Crippen LogP contribution in [0.4, 0.5) is 0 Å². The van der Waals surface area contributed by atoms with Gasteiger partial charge < -0.3 is 14.6 Å². The Kier molecular flexibility index (Phi) is 3.08. The monoisotopic (exact) mass is 218 g/mol. The maximum atomic E-state index is 10.7. The molecule has 0 atom stereocenters. The highest BCUT2D eigenvalue weighted by Gasteiger charge is 2.20. The summed E-state index contributed by atoms with van der Waals surface area (Å²) in [5.41, 5.74) is -0.282. The zero-order chi connectivity index (χ0) is 10.7. The molecule has 0 saturated heterocycles. The van der Waals surface area contributed by atoms with E-state index in [9.17, 15) is 4.79 Å². The smallest absolute Gasteiger partial charge is 0.344 e. The van der Waals surface area contributed by atoms with Crippen molar-refractivity contribution in [3.63, 3.8) is 0 Å². The van der Waals surface area contributed by atoms with Crippen LogP contribution in [0.3, 0.4) is 0 Å². The molecule has 1 aromatic heterocycles. The largest absolute Gasteiger partial charge is 0.480 e. The molecule has 0 spiro atoms. The molecule has 1 heterocycles. The molecule has 1 N–H and O–H groups in total. The first-order valence-corrected chi connectivity index (χ1v) is 3.86. The molecule has 0 unspecified atom stereocenters. The fourth-order valence-corrected chi connectivity index (χ4v) is 1.05. The number of rotatable bonds is 3. The SMILES string of the molecule is COc1nc(Cl)c(C(=O)O)c(OC)n1. The van der Waals surface area contributed by atoms with Gasteiger partial charge in [0.1, 0.15) is 0 Å². The van der Waals surface area contributed by atoms with Gasteiger partial charge in [0.05, 0.1) is 14.2 Å². The van der Waals surface area contributed by atoms with Gasteiger partial charge in [-0.25, -0.2) is 4.79 Å². The van der Waals surface area contributed by atoms with Crippen LogP contribution in [-0.4, -0.2) is 35.3 Å². The highest BCUT2D eigenvalue weighted by atomic mass is 35.5. The van der Waals surface area contributed by atoms with Gasteiger partial charge >= 0.3 is 12.0 Å². The van der Waals surface area contributed by atoms with Crippen molar-refractivity contribution in [2.45, 2.75) is 0 Å². The number of methoxy groups -OCH3 is 2. The predicted molar refractivity (Wildman–Crippen MR) is 47.1 cm³/mol. The lowest BCUT2D eigenvalue weighted by Crippen LogP contribution is -2.06. The second-order valence-corrected chi connectivity index (χ2v) is 2.55. The molecule has 1 rings (SSSR count). The number of halogens is 1. The Balaban J connectivity index is 3.34. The van der Waals surface area contributed by atoms with Gasteiger partial charge in [0.25, 0.3) is 0 Å². The summed E-state index contributed by atoms with van der Waals surface area (Å²) in [5, 5.41) is 8.53. The van der Waals surface area contributed by atoms with Crippen LogP contribution in [0.15, 0.2) is 0 Å². The Bertz CT molecular complexity index is 369. The average Bonchev–Trinajstić information content (AvgIpc) is 2.15. The lowest BCUT2D eigenvalue weighted by molar-refractivity contribution is 0.0692. The highest BCUT2D eigenvalue weighted by Crippen LogP contribution is 2.24. The Hall–Kier alpha value is -1.56.